The fraction of sp³-hybridized carbons (Fsp3) is 0.636. The van der Waals surface area contributed by atoms with Crippen molar-refractivity contribution in [3.63, 3.8) is 0 Å². The third-order valence-corrected chi connectivity index (χ3v) is 4.12. The van der Waals surface area contributed by atoms with E-state index in [1.54, 1.807) is 0 Å². The molecule has 2 rings (SSSR count). The highest BCUT2D eigenvalue weighted by atomic mass is 32.1. The first-order valence-electron chi connectivity index (χ1n) is 5.30. The summed E-state index contributed by atoms with van der Waals surface area (Å²) in [6.07, 6.45) is 2.30. The van der Waals surface area contributed by atoms with Crippen molar-refractivity contribution in [2.24, 2.45) is 5.73 Å². The predicted molar refractivity (Wildman–Crippen MR) is 61.5 cm³/mol. The minimum atomic E-state index is 0.432. The summed E-state index contributed by atoms with van der Waals surface area (Å²) in [5.74, 6) is 0. The van der Waals surface area contributed by atoms with Crippen LogP contribution >= 0.6 is 11.3 Å². The Hall–Kier alpha value is -0.380. The molecule has 0 bridgehead atoms. The summed E-state index contributed by atoms with van der Waals surface area (Å²) in [4.78, 5) is 4.01. The largest absolute Gasteiger partial charge is 0.328 e. The highest BCUT2D eigenvalue weighted by Gasteiger charge is 2.21. The van der Waals surface area contributed by atoms with Gasteiger partial charge < -0.3 is 5.73 Å². The maximum atomic E-state index is 5.89. The molecule has 0 radical (unpaired) electrons. The van der Waals surface area contributed by atoms with Crippen LogP contribution in [0.2, 0.25) is 0 Å². The molecule has 1 saturated heterocycles. The monoisotopic (exact) mass is 210 g/mol. The molecule has 2 nitrogen and oxygen atoms in total. The normalized spacial score (nSPS) is 22.4. The zero-order valence-corrected chi connectivity index (χ0v) is 9.46. The average molecular weight is 210 g/mol. The third kappa shape index (κ3) is 2.16. The number of hydrogen-bond acceptors (Lipinski definition) is 3. The second-order valence-corrected chi connectivity index (χ2v) is 5.04. The van der Waals surface area contributed by atoms with Crippen LogP contribution < -0.4 is 5.73 Å². The molecule has 0 aliphatic carbocycles. The molecule has 1 unspecified atom stereocenters. The van der Waals surface area contributed by atoms with Crippen molar-refractivity contribution in [3.8, 4) is 0 Å². The first-order chi connectivity index (χ1) is 6.77. The molecule has 78 valence electrons. The van der Waals surface area contributed by atoms with E-state index >= 15 is 0 Å². The van der Waals surface area contributed by atoms with E-state index in [9.17, 15) is 0 Å². The van der Waals surface area contributed by atoms with Gasteiger partial charge in [-0.05, 0) is 31.2 Å². The van der Waals surface area contributed by atoms with Crippen LogP contribution in [0.3, 0.4) is 0 Å². The van der Waals surface area contributed by atoms with Crippen molar-refractivity contribution < 1.29 is 0 Å². The zero-order valence-electron chi connectivity index (χ0n) is 8.65. The van der Waals surface area contributed by atoms with Gasteiger partial charge in [0.15, 0.2) is 0 Å². The lowest BCUT2D eigenvalue weighted by molar-refractivity contribution is 0.165. The van der Waals surface area contributed by atoms with Gasteiger partial charge in [-0.1, -0.05) is 6.07 Å². The van der Waals surface area contributed by atoms with Crippen LogP contribution in [-0.4, -0.2) is 24.0 Å². The summed E-state index contributed by atoms with van der Waals surface area (Å²) in [5, 5.41) is 2.15. The summed E-state index contributed by atoms with van der Waals surface area (Å²) in [6, 6.07) is 5.36. The van der Waals surface area contributed by atoms with E-state index in [4.69, 9.17) is 5.73 Å². The SMILES string of the molecule is CC(c1cccs1)N1CCC(N)CC1. The van der Waals surface area contributed by atoms with Gasteiger partial charge in [-0.2, -0.15) is 0 Å². The topological polar surface area (TPSA) is 29.3 Å². The van der Waals surface area contributed by atoms with Gasteiger partial charge in [0, 0.05) is 30.1 Å². The minimum Gasteiger partial charge on any atom is -0.328 e. The highest BCUT2D eigenvalue weighted by Crippen LogP contribution is 2.26. The van der Waals surface area contributed by atoms with Crippen molar-refractivity contribution in [2.75, 3.05) is 13.1 Å². The molecule has 1 aromatic rings. The Balaban J connectivity index is 1.95. The zero-order chi connectivity index (χ0) is 9.97. The number of thiophene rings is 1. The molecule has 2 N–H and O–H groups in total. The molecule has 1 aliphatic rings. The number of likely N-dealkylation sites (tertiary alicyclic amines) is 1. The quantitative estimate of drug-likeness (QED) is 0.811. The Bertz CT molecular complexity index is 263. The predicted octanol–water partition coefficient (Wildman–Crippen LogP) is 2.23. The number of nitrogens with zero attached hydrogens (tertiary/aromatic N) is 1. The standard InChI is InChI=1S/C11H18N2S/c1-9(11-3-2-8-14-11)13-6-4-10(12)5-7-13/h2-3,8-10H,4-7,12H2,1H3. The van der Waals surface area contributed by atoms with Gasteiger partial charge in [-0.15, -0.1) is 11.3 Å². The number of rotatable bonds is 2. The van der Waals surface area contributed by atoms with Crippen LogP contribution in [0.1, 0.15) is 30.7 Å². The molecule has 1 fully saturated rings. The molecular formula is C11H18N2S. The molecule has 14 heavy (non-hydrogen) atoms. The number of hydrogen-bond donors (Lipinski definition) is 1. The third-order valence-electron chi connectivity index (χ3n) is 3.08. The Morgan fingerprint density at radius 1 is 1.50 bits per heavy atom. The lowest BCUT2D eigenvalue weighted by Gasteiger charge is -2.34. The lowest BCUT2D eigenvalue weighted by Crippen LogP contribution is -2.40. The van der Waals surface area contributed by atoms with Crippen LogP contribution in [0.4, 0.5) is 0 Å². The van der Waals surface area contributed by atoms with E-state index in [-0.39, 0.29) is 0 Å². The van der Waals surface area contributed by atoms with Gasteiger partial charge in [-0.25, -0.2) is 0 Å². The Morgan fingerprint density at radius 2 is 2.21 bits per heavy atom. The molecular weight excluding hydrogens is 192 g/mol. The van der Waals surface area contributed by atoms with Crippen LogP contribution in [0, 0.1) is 0 Å². The van der Waals surface area contributed by atoms with Gasteiger partial charge in [0.1, 0.15) is 0 Å². The minimum absolute atomic E-state index is 0.432. The second-order valence-electron chi connectivity index (χ2n) is 4.06. The highest BCUT2D eigenvalue weighted by molar-refractivity contribution is 7.10. The van der Waals surface area contributed by atoms with Gasteiger partial charge in [0.2, 0.25) is 0 Å². The summed E-state index contributed by atoms with van der Waals surface area (Å²) in [5.41, 5.74) is 5.89. The van der Waals surface area contributed by atoms with Crippen LogP contribution in [0.5, 0.6) is 0 Å². The average Bonchev–Trinajstić information content (AvgIpc) is 2.71. The Kier molecular flexibility index (Phi) is 3.21. The van der Waals surface area contributed by atoms with Gasteiger partial charge >= 0.3 is 0 Å². The van der Waals surface area contributed by atoms with Crippen molar-refractivity contribution in [1.82, 2.24) is 4.90 Å². The summed E-state index contributed by atoms with van der Waals surface area (Å²) >= 11 is 1.85. The van der Waals surface area contributed by atoms with Crippen LogP contribution in [0.15, 0.2) is 17.5 Å². The second kappa shape index (κ2) is 4.43. The maximum absolute atomic E-state index is 5.89. The van der Waals surface area contributed by atoms with E-state index < -0.39 is 0 Å². The van der Waals surface area contributed by atoms with E-state index in [1.165, 1.54) is 4.88 Å². The molecule has 1 aliphatic heterocycles. The molecule has 3 heteroatoms. The smallest absolute Gasteiger partial charge is 0.0413 e. The van der Waals surface area contributed by atoms with Crippen LogP contribution in [-0.2, 0) is 0 Å². The van der Waals surface area contributed by atoms with Crippen LogP contribution in [0.25, 0.3) is 0 Å². The lowest BCUT2D eigenvalue weighted by atomic mass is 10.0. The summed E-state index contributed by atoms with van der Waals surface area (Å²) in [6.45, 7) is 4.60. The van der Waals surface area contributed by atoms with Crippen molar-refractivity contribution in [3.05, 3.63) is 22.4 Å². The Morgan fingerprint density at radius 3 is 2.79 bits per heavy atom. The maximum Gasteiger partial charge on any atom is 0.0413 e. The molecule has 1 aromatic heterocycles. The molecule has 1 atom stereocenters. The number of piperidine rings is 1. The van der Waals surface area contributed by atoms with E-state index in [2.05, 4.69) is 29.3 Å². The molecule has 2 heterocycles. The van der Waals surface area contributed by atoms with E-state index in [0.717, 1.165) is 25.9 Å². The van der Waals surface area contributed by atoms with Crippen molar-refractivity contribution in [2.45, 2.75) is 31.8 Å². The number of nitrogens with two attached hydrogens (primary N) is 1. The van der Waals surface area contributed by atoms with Crippen molar-refractivity contribution >= 4 is 11.3 Å². The van der Waals surface area contributed by atoms with Gasteiger partial charge in [0.05, 0.1) is 0 Å². The Labute approximate surface area is 89.7 Å². The fourth-order valence-electron chi connectivity index (χ4n) is 2.02. The van der Waals surface area contributed by atoms with Gasteiger partial charge in [0.25, 0.3) is 0 Å². The van der Waals surface area contributed by atoms with E-state index in [0.29, 0.717) is 12.1 Å². The fourth-order valence-corrected chi connectivity index (χ4v) is 2.83. The first kappa shape index (κ1) is 10.1. The molecule has 0 saturated carbocycles. The summed E-state index contributed by atoms with van der Waals surface area (Å²) in [7, 11) is 0. The molecule has 0 aromatic carbocycles. The van der Waals surface area contributed by atoms with Gasteiger partial charge in [-0.3, -0.25) is 4.90 Å². The van der Waals surface area contributed by atoms with E-state index in [1.807, 2.05) is 11.3 Å². The van der Waals surface area contributed by atoms with Crippen molar-refractivity contribution in [1.29, 1.82) is 0 Å². The summed E-state index contributed by atoms with van der Waals surface area (Å²) < 4.78 is 0. The first-order valence-corrected chi connectivity index (χ1v) is 6.18. The molecule has 0 amide bonds. The molecule has 0 spiro atoms.